The molecular weight excluding hydrogens is 286 g/mol. The minimum absolute atomic E-state index is 0.0852. The Balaban J connectivity index is 1.76. The molecule has 2 amide bonds. The van der Waals surface area contributed by atoms with Crippen LogP contribution in [0.1, 0.15) is 0 Å². The van der Waals surface area contributed by atoms with Crippen molar-refractivity contribution in [3.05, 3.63) is 41.8 Å². The Hall–Kier alpha value is -2.18. The normalized spacial score (nSPS) is 18.1. The van der Waals surface area contributed by atoms with Crippen LogP contribution < -0.4 is 16.0 Å². The van der Waals surface area contributed by atoms with Gasteiger partial charge in [-0.2, -0.15) is 0 Å². The molecule has 2 aromatic rings. The van der Waals surface area contributed by atoms with E-state index in [1.54, 1.807) is 11.3 Å². The molecule has 5 nitrogen and oxygen atoms in total. The maximum absolute atomic E-state index is 12.3. The molecule has 1 fully saturated rings. The number of thiophene rings is 1. The molecule has 1 atom stereocenters. The second-order valence-corrected chi connectivity index (χ2v) is 5.70. The number of hydrogen-bond acceptors (Lipinski definition) is 4. The summed E-state index contributed by atoms with van der Waals surface area (Å²) in [5.41, 5.74) is 1.78. The van der Waals surface area contributed by atoms with Gasteiger partial charge in [-0.05, 0) is 17.5 Å². The molecule has 0 bridgehead atoms. The third-order valence-corrected chi connectivity index (χ3v) is 4.20. The fourth-order valence-electron chi connectivity index (χ4n) is 2.21. The maximum Gasteiger partial charge on any atom is 0.243 e. The largest absolute Gasteiger partial charge is 0.353 e. The number of nitrogens with one attached hydrogen (secondary N) is 3. The highest BCUT2D eigenvalue weighted by molar-refractivity contribution is 7.13. The number of carbonyl (C=O) groups is 2. The molecule has 3 rings (SSSR count). The first-order valence-corrected chi connectivity index (χ1v) is 7.56. The summed E-state index contributed by atoms with van der Waals surface area (Å²) >= 11 is 1.63. The van der Waals surface area contributed by atoms with Crippen molar-refractivity contribution in [2.75, 3.05) is 18.4 Å². The number of carbonyl (C=O) groups excluding carboxylic acids is 2. The second kappa shape index (κ2) is 6.07. The average Bonchev–Trinajstić information content (AvgIpc) is 3.02. The minimum Gasteiger partial charge on any atom is -0.353 e. The van der Waals surface area contributed by atoms with E-state index in [-0.39, 0.29) is 18.4 Å². The number of rotatable bonds is 3. The number of para-hydroxylation sites is 1. The summed E-state index contributed by atoms with van der Waals surface area (Å²) in [6.07, 6.45) is 0. The van der Waals surface area contributed by atoms with Crippen LogP contribution in [0, 0.1) is 0 Å². The molecule has 0 radical (unpaired) electrons. The first kappa shape index (κ1) is 13.8. The molecule has 3 N–H and O–H groups in total. The zero-order valence-electron chi connectivity index (χ0n) is 11.3. The Morgan fingerprint density at radius 3 is 2.81 bits per heavy atom. The summed E-state index contributed by atoms with van der Waals surface area (Å²) in [5.74, 6) is -0.225. The van der Waals surface area contributed by atoms with E-state index in [4.69, 9.17) is 0 Å². The van der Waals surface area contributed by atoms with Crippen molar-refractivity contribution >= 4 is 28.8 Å². The topological polar surface area (TPSA) is 70.2 Å². The third-order valence-electron chi connectivity index (χ3n) is 3.30. The lowest BCUT2D eigenvalue weighted by Crippen LogP contribution is -2.56. The van der Waals surface area contributed by atoms with Crippen molar-refractivity contribution in [2.45, 2.75) is 6.04 Å². The van der Waals surface area contributed by atoms with Gasteiger partial charge >= 0.3 is 0 Å². The van der Waals surface area contributed by atoms with Crippen molar-refractivity contribution in [3.63, 3.8) is 0 Å². The van der Waals surface area contributed by atoms with Gasteiger partial charge in [-0.15, -0.1) is 11.3 Å². The summed E-state index contributed by atoms with van der Waals surface area (Å²) < 4.78 is 0. The lowest BCUT2D eigenvalue weighted by molar-refractivity contribution is -0.124. The Bertz CT molecular complexity index is 645. The molecule has 21 heavy (non-hydrogen) atoms. The molecule has 0 spiro atoms. The fourth-order valence-corrected chi connectivity index (χ4v) is 2.98. The molecule has 1 saturated heterocycles. The molecule has 0 aliphatic carbocycles. The summed E-state index contributed by atoms with van der Waals surface area (Å²) in [7, 11) is 0. The Morgan fingerprint density at radius 2 is 2.10 bits per heavy atom. The monoisotopic (exact) mass is 301 g/mol. The summed E-state index contributed by atoms with van der Waals surface area (Å²) in [4.78, 5) is 24.5. The molecular formula is C15H15N3O2S. The molecule has 6 heteroatoms. The van der Waals surface area contributed by atoms with E-state index < -0.39 is 6.04 Å². The van der Waals surface area contributed by atoms with Gasteiger partial charge in [-0.3, -0.25) is 14.9 Å². The fraction of sp³-hybridized carbons (Fsp3) is 0.200. The van der Waals surface area contributed by atoms with Gasteiger partial charge < -0.3 is 10.6 Å². The van der Waals surface area contributed by atoms with Crippen molar-refractivity contribution in [3.8, 4) is 10.4 Å². The minimum atomic E-state index is -0.404. The van der Waals surface area contributed by atoms with Crippen LogP contribution in [0.25, 0.3) is 10.4 Å². The number of hydrogen-bond donors (Lipinski definition) is 3. The number of benzene rings is 1. The number of amides is 2. The van der Waals surface area contributed by atoms with E-state index >= 15 is 0 Å². The van der Waals surface area contributed by atoms with E-state index in [9.17, 15) is 9.59 Å². The first-order valence-electron chi connectivity index (χ1n) is 6.68. The van der Waals surface area contributed by atoms with E-state index in [1.807, 2.05) is 41.8 Å². The van der Waals surface area contributed by atoms with Crippen LogP contribution in [0.15, 0.2) is 41.8 Å². The van der Waals surface area contributed by atoms with Crippen molar-refractivity contribution < 1.29 is 9.59 Å². The van der Waals surface area contributed by atoms with Crippen molar-refractivity contribution in [1.82, 2.24) is 10.6 Å². The van der Waals surface area contributed by atoms with E-state index in [2.05, 4.69) is 16.0 Å². The molecule has 1 aromatic carbocycles. The Kier molecular flexibility index (Phi) is 3.98. The molecule has 108 valence electrons. The van der Waals surface area contributed by atoms with Crippen LogP contribution in [0.5, 0.6) is 0 Å². The third kappa shape index (κ3) is 3.12. The average molecular weight is 301 g/mol. The highest BCUT2D eigenvalue weighted by atomic mass is 32.1. The quantitative estimate of drug-likeness (QED) is 0.803. The highest BCUT2D eigenvalue weighted by Gasteiger charge is 2.24. The molecule has 1 aromatic heterocycles. The maximum atomic E-state index is 12.3. The van der Waals surface area contributed by atoms with Crippen LogP contribution in [0.2, 0.25) is 0 Å². The van der Waals surface area contributed by atoms with Gasteiger partial charge in [0.15, 0.2) is 0 Å². The Labute approximate surface area is 126 Å². The van der Waals surface area contributed by atoms with Crippen LogP contribution in [-0.4, -0.2) is 30.9 Å². The molecule has 2 heterocycles. The van der Waals surface area contributed by atoms with Crippen LogP contribution >= 0.6 is 11.3 Å². The van der Waals surface area contributed by atoms with E-state index in [1.165, 1.54) is 0 Å². The Morgan fingerprint density at radius 1 is 1.24 bits per heavy atom. The van der Waals surface area contributed by atoms with Crippen molar-refractivity contribution in [2.24, 2.45) is 0 Å². The zero-order chi connectivity index (χ0) is 14.7. The van der Waals surface area contributed by atoms with Gasteiger partial charge in [0, 0.05) is 22.7 Å². The summed E-state index contributed by atoms with van der Waals surface area (Å²) in [6.45, 7) is 0.483. The molecule has 1 aliphatic rings. The van der Waals surface area contributed by atoms with Gasteiger partial charge in [0.25, 0.3) is 0 Å². The van der Waals surface area contributed by atoms with Crippen LogP contribution in [-0.2, 0) is 9.59 Å². The lowest BCUT2D eigenvalue weighted by atomic mass is 10.1. The van der Waals surface area contributed by atoms with Gasteiger partial charge in [0.1, 0.15) is 6.04 Å². The van der Waals surface area contributed by atoms with Gasteiger partial charge in [-0.25, -0.2) is 0 Å². The van der Waals surface area contributed by atoms with Crippen LogP contribution in [0.3, 0.4) is 0 Å². The lowest BCUT2D eigenvalue weighted by Gasteiger charge is -2.23. The zero-order valence-corrected chi connectivity index (χ0v) is 12.1. The van der Waals surface area contributed by atoms with Crippen molar-refractivity contribution in [1.29, 1.82) is 0 Å². The number of anilines is 1. The number of piperazine rings is 1. The van der Waals surface area contributed by atoms with Gasteiger partial charge in [0.05, 0.1) is 6.54 Å². The van der Waals surface area contributed by atoms with Gasteiger partial charge in [-0.1, -0.05) is 24.3 Å². The SMILES string of the molecule is O=C1CNC(C(=O)Nc2ccccc2-c2cccs2)CN1. The molecule has 1 unspecified atom stereocenters. The van der Waals surface area contributed by atoms with E-state index in [0.29, 0.717) is 6.54 Å². The van der Waals surface area contributed by atoms with Crippen LogP contribution in [0.4, 0.5) is 5.69 Å². The smallest absolute Gasteiger partial charge is 0.243 e. The second-order valence-electron chi connectivity index (χ2n) is 4.75. The van der Waals surface area contributed by atoms with E-state index in [0.717, 1.165) is 16.1 Å². The highest BCUT2D eigenvalue weighted by Crippen LogP contribution is 2.31. The predicted octanol–water partition coefficient (Wildman–Crippen LogP) is 1.44. The molecule has 0 saturated carbocycles. The predicted molar refractivity (Wildman–Crippen MR) is 83.2 cm³/mol. The van der Waals surface area contributed by atoms with Gasteiger partial charge in [0.2, 0.25) is 11.8 Å². The first-order chi connectivity index (χ1) is 10.2. The molecule has 1 aliphatic heterocycles. The standard InChI is InChI=1S/C15H15N3O2S/c19-14-9-16-12(8-17-14)15(20)18-11-5-2-1-4-10(11)13-6-3-7-21-13/h1-7,12,16H,8-9H2,(H,17,19)(H,18,20). The summed E-state index contributed by atoms with van der Waals surface area (Å²) in [6, 6.07) is 11.3. The summed E-state index contributed by atoms with van der Waals surface area (Å²) in [5, 5.41) is 10.5.